The summed E-state index contributed by atoms with van der Waals surface area (Å²) in [5.74, 6) is 0.341. The monoisotopic (exact) mass is 345 g/mol. The van der Waals surface area contributed by atoms with E-state index in [1.807, 2.05) is 36.6 Å². The van der Waals surface area contributed by atoms with Crippen LogP contribution in [0.25, 0.3) is 10.6 Å². The molecule has 1 aliphatic heterocycles. The molecule has 1 aliphatic carbocycles. The van der Waals surface area contributed by atoms with Crippen LogP contribution in [0.3, 0.4) is 0 Å². The van der Waals surface area contributed by atoms with Crippen LogP contribution >= 0.6 is 11.3 Å². The second-order valence-corrected chi connectivity index (χ2v) is 7.05. The molecular formula is C17H19N3O3S. The van der Waals surface area contributed by atoms with Gasteiger partial charge in [-0.25, -0.2) is 4.98 Å². The van der Waals surface area contributed by atoms with Gasteiger partial charge in [0.2, 0.25) is 5.91 Å². The Labute approximate surface area is 143 Å². The van der Waals surface area contributed by atoms with Gasteiger partial charge in [-0.2, -0.15) is 0 Å². The molecule has 2 aromatic rings. The molecule has 1 spiro atoms. The van der Waals surface area contributed by atoms with E-state index in [9.17, 15) is 4.79 Å². The molecule has 2 heterocycles. The molecule has 7 heteroatoms. The number of carbonyl (C=O) groups is 2. The van der Waals surface area contributed by atoms with Crippen LogP contribution in [0.1, 0.15) is 12.1 Å². The Hall–Kier alpha value is -2.25. The summed E-state index contributed by atoms with van der Waals surface area (Å²) < 4.78 is 0. The Bertz CT molecular complexity index is 755. The summed E-state index contributed by atoms with van der Waals surface area (Å²) in [6.45, 7) is 3.72. The van der Waals surface area contributed by atoms with Crippen molar-refractivity contribution in [2.75, 3.05) is 18.4 Å². The van der Waals surface area contributed by atoms with Crippen molar-refractivity contribution in [2.45, 2.75) is 13.3 Å². The molecular weight excluding hydrogens is 326 g/mol. The van der Waals surface area contributed by atoms with Crippen LogP contribution < -0.4 is 10.6 Å². The zero-order valence-electron chi connectivity index (χ0n) is 13.3. The number of rotatable bonds is 3. The average molecular weight is 345 g/mol. The van der Waals surface area contributed by atoms with Gasteiger partial charge in [0.15, 0.2) is 0 Å². The summed E-state index contributed by atoms with van der Waals surface area (Å²) in [4.78, 5) is 25.1. The quantitative estimate of drug-likeness (QED) is 0.743. The number of carbonyl (C=O) groups excluding carboxylic acids is 1. The molecule has 24 heavy (non-hydrogen) atoms. The standard InChI is InChI=1S/C16H17N3OS.CH2O2/c1-10-7-21-15(18-10)11-3-2-4-12(5-11)19-14(20)13-6-16(13)8-17-9-16;2-1-3/h2-5,7,13,17H,6,8-9H2,1H3,(H,19,20);1H,(H,2,3). The Morgan fingerprint density at radius 1 is 1.50 bits per heavy atom. The highest BCUT2D eigenvalue weighted by molar-refractivity contribution is 7.13. The Morgan fingerprint density at radius 2 is 2.25 bits per heavy atom. The SMILES string of the molecule is Cc1csc(-c2cccc(NC(=O)C3CC34CNC4)c2)n1.O=CO. The minimum Gasteiger partial charge on any atom is -0.483 e. The number of anilines is 1. The number of benzene rings is 1. The van der Waals surface area contributed by atoms with Crippen LogP contribution in [0.5, 0.6) is 0 Å². The molecule has 2 fully saturated rings. The van der Waals surface area contributed by atoms with Crippen molar-refractivity contribution in [2.24, 2.45) is 11.3 Å². The third-order valence-corrected chi connectivity index (χ3v) is 5.47. The fourth-order valence-electron chi connectivity index (χ4n) is 3.00. The highest BCUT2D eigenvalue weighted by Crippen LogP contribution is 2.55. The number of thiazole rings is 1. The second kappa shape index (κ2) is 6.70. The second-order valence-electron chi connectivity index (χ2n) is 6.19. The van der Waals surface area contributed by atoms with Gasteiger partial charge in [0.05, 0.1) is 0 Å². The molecule has 2 aliphatic rings. The van der Waals surface area contributed by atoms with Crippen LogP contribution in [-0.4, -0.2) is 35.6 Å². The fourth-order valence-corrected chi connectivity index (χ4v) is 3.80. The molecule has 1 saturated carbocycles. The van der Waals surface area contributed by atoms with Gasteiger partial charge >= 0.3 is 0 Å². The summed E-state index contributed by atoms with van der Waals surface area (Å²) in [7, 11) is 0. The average Bonchev–Trinajstić information content (AvgIpc) is 3.17. The van der Waals surface area contributed by atoms with Crippen molar-refractivity contribution >= 4 is 29.4 Å². The third kappa shape index (κ3) is 3.32. The normalized spacial score (nSPS) is 19.6. The molecule has 0 bridgehead atoms. The van der Waals surface area contributed by atoms with Gasteiger partial charge in [0.1, 0.15) is 5.01 Å². The van der Waals surface area contributed by atoms with E-state index in [2.05, 4.69) is 15.6 Å². The Balaban J connectivity index is 0.000000526. The minimum atomic E-state index is -0.250. The van der Waals surface area contributed by atoms with Crippen LogP contribution in [0, 0.1) is 18.3 Å². The molecule has 4 rings (SSSR count). The molecule has 3 N–H and O–H groups in total. The van der Waals surface area contributed by atoms with Gasteiger partial charge in [-0.15, -0.1) is 11.3 Å². The number of hydrogen-bond acceptors (Lipinski definition) is 5. The number of nitrogens with one attached hydrogen (secondary N) is 2. The lowest BCUT2D eigenvalue weighted by molar-refractivity contribution is -0.123. The summed E-state index contributed by atoms with van der Waals surface area (Å²) in [6, 6.07) is 7.94. The number of amides is 1. The van der Waals surface area contributed by atoms with E-state index in [0.717, 1.165) is 41.5 Å². The molecule has 0 radical (unpaired) electrons. The predicted octanol–water partition coefficient (Wildman–Crippen LogP) is 2.37. The maximum atomic E-state index is 12.3. The van der Waals surface area contributed by atoms with E-state index in [1.165, 1.54) is 0 Å². The molecule has 1 aromatic heterocycles. The first-order chi connectivity index (χ1) is 11.6. The zero-order chi connectivity index (χ0) is 17.2. The smallest absolute Gasteiger partial charge is 0.290 e. The number of aromatic nitrogens is 1. The fraction of sp³-hybridized carbons (Fsp3) is 0.353. The summed E-state index contributed by atoms with van der Waals surface area (Å²) >= 11 is 1.63. The zero-order valence-corrected chi connectivity index (χ0v) is 14.1. The van der Waals surface area contributed by atoms with Crippen LogP contribution in [0.2, 0.25) is 0 Å². The maximum absolute atomic E-state index is 12.3. The van der Waals surface area contributed by atoms with Gasteiger partial charge in [0, 0.05) is 46.7 Å². The molecule has 1 amide bonds. The largest absolute Gasteiger partial charge is 0.483 e. The predicted molar refractivity (Wildman–Crippen MR) is 93.0 cm³/mol. The van der Waals surface area contributed by atoms with Gasteiger partial charge in [-0.05, 0) is 25.5 Å². The Kier molecular flexibility index (Phi) is 4.64. The lowest BCUT2D eigenvalue weighted by Gasteiger charge is -2.28. The number of aryl methyl sites for hydroxylation is 1. The van der Waals surface area contributed by atoms with Crippen molar-refractivity contribution in [3.8, 4) is 10.6 Å². The first kappa shape index (κ1) is 16.6. The van der Waals surface area contributed by atoms with Crippen molar-refractivity contribution in [3.63, 3.8) is 0 Å². The Morgan fingerprint density at radius 3 is 2.79 bits per heavy atom. The molecule has 6 nitrogen and oxygen atoms in total. The van der Waals surface area contributed by atoms with Gasteiger partial charge in [-0.1, -0.05) is 12.1 Å². The highest BCUT2D eigenvalue weighted by atomic mass is 32.1. The van der Waals surface area contributed by atoms with Gasteiger partial charge in [-0.3, -0.25) is 9.59 Å². The number of hydrogen-bond donors (Lipinski definition) is 3. The lowest BCUT2D eigenvalue weighted by atomic mass is 9.96. The molecule has 1 saturated heterocycles. The molecule has 1 unspecified atom stereocenters. The molecule has 1 aromatic carbocycles. The van der Waals surface area contributed by atoms with E-state index in [1.54, 1.807) is 11.3 Å². The molecule has 126 valence electrons. The number of nitrogens with zero attached hydrogens (tertiary/aromatic N) is 1. The topological polar surface area (TPSA) is 91.3 Å². The number of carboxylic acid groups (broad SMARTS) is 1. The van der Waals surface area contributed by atoms with Crippen LogP contribution in [0.15, 0.2) is 29.6 Å². The van der Waals surface area contributed by atoms with Gasteiger partial charge in [0.25, 0.3) is 6.47 Å². The minimum absolute atomic E-state index is 0.156. The first-order valence-electron chi connectivity index (χ1n) is 7.70. The van der Waals surface area contributed by atoms with E-state index < -0.39 is 0 Å². The van der Waals surface area contributed by atoms with Crippen molar-refractivity contribution in [1.29, 1.82) is 0 Å². The van der Waals surface area contributed by atoms with Gasteiger partial charge < -0.3 is 15.7 Å². The summed E-state index contributed by atoms with van der Waals surface area (Å²) in [5, 5.41) is 16.2. The van der Waals surface area contributed by atoms with E-state index in [4.69, 9.17) is 9.90 Å². The van der Waals surface area contributed by atoms with Crippen molar-refractivity contribution < 1.29 is 14.7 Å². The van der Waals surface area contributed by atoms with Crippen molar-refractivity contribution in [3.05, 3.63) is 35.3 Å². The lowest BCUT2D eigenvalue weighted by Crippen LogP contribution is -2.46. The third-order valence-electron chi connectivity index (χ3n) is 4.46. The summed E-state index contributed by atoms with van der Waals surface area (Å²) in [5.41, 5.74) is 3.22. The van der Waals surface area contributed by atoms with E-state index >= 15 is 0 Å². The molecule has 1 atom stereocenters. The van der Waals surface area contributed by atoms with E-state index in [-0.39, 0.29) is 23.7 Å². The summed E-state index contributed by atoms with van der Waals surface area (Å²) in [6.07, 6.45) is 1.02. The van der Waals surface area contributed by atoms with E-state index in [0.29, 0.717) is 0 Å². The van der Waals surface area contributed by atoms with Crippen molar-refractivity contribution in [1.82, 2.24) is 10.3 Å². The van der Waals surface area contributed by atoms with Crippen LogP contribution in [0.4, 0.5) is 5.69 Å². The maximum Gasteiger partial charge on any atom is 0.290 e. The van der Waals surface area contributed by atoms with Crippen LogP contribution in [-0.2, 0) is 9.59 Å². The highest BCUT2D eigenvalue weighted by Gasteiger charge is 2.61. The first-order valence-corrected chi connectivity index (χ1v) is 8.58.